The summed E-state index contributed by atoms with van der Waals surface area (Å²) in [5, 5.41) is 0. The van der Waals surface area contributed by atoms with Crippen molar-refractivity contribution in [3.63, 3.8) is 0 Å². The molecule has 0 N–H and O–H groups in total. The molecule has 0 aliphatic rings. The van der Waals surface area contributed by atoms with Gasteiger partial charge in [-0.15, -0.1) is 0 Å². The van der Waals surface area contributed by atoms with Crippen molar-refractivity contribution in [2.24, 2.45) is 0 Å². The Kier molecular flexibility index (Phi) is 58.9. The van der Waals surface area contributed by atoms with Crippen LogP contribution >= 0.6 is 27.6 Å². The normalized spacial score (nSPS) is 9.17. The first-order valence-electron chi connectivity index (χ1n) is 5.47. The summed E-state index contributed by atoms with van der Waals surface area (Å²) in [6.07, 6.45) is 0. The van der Waals surface area contributed by atoms with Crippen LogP contribution in [0.4, 0.5) is 0 Å². The maximum absolute atomic E-state index is 7.50. The molecule has 0 aromatic carbocycles. The Balaban J connectivity index is -0.0000000396. The van der Waals surface area contributed by atoms with Crippen LogP contribution in [0, 0.1) is 33.3 Å². The van der Waals surface area contributed by atoms with Crippen LogP contribution in [0.25, 0.3) is 0 Å². The Bertz CT molecular complexity index is 282. The van der Waals surface area contributed by atoms with E-state index in [1.807, 2.05) is 0 Å². The van der Waals surface area contributed by atoms with Crippen LogP contribution in [0.1, 0.15) is 0 Å². The van der Waals surface area contributed by atoms with Gasteiger partial charge in [0, 0.05) is 21.1 Å². The zero-order valence-electron chi connectivity index (χ0n) is 14.4. The summed E-state index contributed by atoms with van der Waals surface area (Å²) < 4.78 is 37.5. The first kappa shape index (κ1) is 43.9. The summed E-state index contributed by atoms with van der Waals surface area (Å²) in [5.41, 5.74) is 0.253. The van der Waals surface area contributed by atoms with Crippen LogP contribution in [0.15, 0.2) is 0 Å². The van der Waals surface area contributed by atoms with Gasteiger partial charge in [-0.1, -0.05) is 61.3 Å². The monoisotopic (exact) mass is 656 g/mol. The second-order valence-electron chi connectivity index (χ2n) is 5.66. The van der Waals surface area contributed by atoms with Crippen LogP contribution in [-0.4, -0.2) is 27.7 Å². The van der Waals surface area contributed by atoms with Gasteiger partial charge in [0.2, 0.25) is 0 Å². The van der Waals surface area contributed by atoms with E-state index in [1.54, 1.807) is 0 Å². The largest absolute Gasteiger partial charge is 0 e. The minimum Gasteiger partial charge on any atom is 0 e. The number of rotatable bonds is 3. The Morgan fingerprint density at radius 2 is 0.783 bits per heavy atom. The van der Waals surface area contributed by atoms with Crippen LogP contribution < -0.4 is 0 Å². The topological polar surface area (TPSA) is 99.5 Å². The van der Waals surface area contributed by atoms with Gasteiger partial charge in [0.15, 0.2) is 0 Å². The van der Waals surface area contributed by atoms with Gasteiger partial charge in [-0.2, -0.15) is 0 Å². The van der Waals surface area contributed by atoms with Crippen LogP contribution in [0.2, 0.25) is 39.3 Å². The van der Waals surface area contributed by atoms with E-state index in [0.717, 1.165) is 4.91 Å². The van der Waals surface area contributed by atoms with Crippen molar-refractivity contribution in [3.05, 3.63) is 33.3 Å². The SMILES string of the molecule is CP(I)C([Si](C)(C)C)[Si](C)(C)C.[C-]#[O+].[C-]#[O+].[C-]#[O+].[C-]#[O+].[C-]#[O+].[W]. The molecule has 0 bridgehead atoms. The molecule has 130 valence electrons. The second kappa shape index (κ2) is 30.8. The average Bonchev–Trinajstić information content (AvgIpc) is 2.46. The van der Waals surface area contributed by atoms with Crippen LogP contribution in [0.3, 0.4) is 0 Å². The molecule has 0 saturated heterocycles. The Morgan fingerprint density at radius 3 is 0.783 bits per heavy atom. The molecule has 0 aromatic rings. The zero-order chi connectivity index (χ0) is 20.2. The van der Waals surface area contributed by atoms with Gasteiger partial charge in [-0.25, -0.2) is 0 Å². The molecule has 0 aliphatic carbocycles. The predicted molar refractivity (Wildman–Crippen MR) is 97.0 cm³/mol. The van der Waals surface area contributed by atoms with E-state index in [1.165, 1.54) is 0 Å². The molecule has 10 heteroatoms. The van der Waals surface area contributed by atoms with Gasteiger partial charge in [0.05, 0.1) is 16.1 Å². The first-order chi connectivity index (χ1) is 10.1. The molecule has 0 aromatic heterocycles. The van der Waals surface area contributed by atoms with Crippen molar-refractivity contribution in [2.45, 2.75) is 44.2 Å². The molecule has 0 amide bonds. The Morgan fingerprint density at radius 1 is 0.652 bits per heavy atom. The van der Waals surface area contributed by atoms with E-state index in [0.29, 0.717) is 0 Å². The molecule has 0 rings (SSSR count). The van der Waals surface area contributed by atoms with Gasteiger partial charge < -0.3 is 0 Å². The predicted octanol–water partition coefficient (Wildman–Crippen LogP) is 4.38. The average molecular weight is 656 g/mol. The quantitative estimate of drug-likeness (QED) is 0.142. The summed E-state index contributed by atoms with van der Waals surface area (Å²) >= 11 is 2.69. The van der Waals surface area contributed by atoms with Gasteiger partial charge in [0.1, 0.15) is 0 Å². The fourth-order valence-electron chi connectivity index (χ4n) is 2.37. The summed E-state index contributed by atoms with van der Waals surface area (Å²) in [6, 6.07) is 0. The smallest absolute Gasteiger partial charge is 0 e. The van der Waals surface area contributed by atoms with E-state index < -0.39 is 16.1 Å². The second-order valence-corrected chi connectivity index (χ2v) is 24.0. The number of halogens is 1. The molecular formula is C13H22IO5PSi2W. The van der Waals surface area contributed by atoms with Crippen molar-refractivity contribution in [1.82, 2.24) is 0 Å². The molecule has 0 fully saturated rings. The third-order valence-corrected chi connectivity index (χ3v) is 23.0. The molecular weight excluding hydrogens is 634 g/mol. The standard InChI is InChI=1S/C8H22IPSi2.5CO.W/c1-10(9)8(11(2,3)4)12(5,6)7;5*1-2;/h8H,1-7H3;;;;;;. The van der Waals surface area contributed by atoms with E-state index >= 15 is 0 Å². The van der Waals surface area contributed by atoms with E-state index in [2.05, 4.69) is 101 Å². The third-order valence-electron chi connectivity index (χ3n) is 2.00. The number of hydrogen-bond donors (Lipinski definition) is 0. The molecule has 0 radical (unpaired) electrons. The minimum absolute atomic E-state index is 0. The number of hydrogen-bond acceptors (Lipinski definition) is 0. The molecule has 0 aliphatic heterocycles. The molecule has 0 heterocycles. The first-order valence-corrected chi connectivity index (χ1v) is 17.3. The van der Waals surface area contributed by atoms with Gasteiger partial charge in [0.25, 0.3) is 0 Å². The van der Waals surface area contributed by atoms with Crippen LogP contribution in [-0.2, 0) is 44.3 Å². The van der Waals surface area contributed by atoms with Crippen molar-refractivity contribution in [2.75, 3.05) is 6.66 Å². The van der Waals surface area contributed by atoms with Crippen molar-refractivity contribution < 1.29 is 44.3 Å². The van der Waals surface area contributed by atoms with Crippen molar-refractivity contribution in [3.8, 4) is 0 Å². The fourth-order valence-corrected chi connectivity index (χ4v) is 36.3. The van der Waals surface area contributed by atoms with Crippen LogP contribution in [0.5, 0.6) is 0 Å². The zero-order valence-corrected chi connectivity index (χ0v) is 22.3. The third kappa shape index (κ3) is 35.1. The fraction of sp³-hybridized carbons (Fsp3) is 0.615. The van der Waals surface area contributed by atoms with E-state index in [-0.39, 0.29) is 26.6 Å². The minimum atomic E-state index is -0.902. The Labute approximate surface area is 171 Å². The molecule has 23 heavy (non-hydrogen) atoms. The molecule has 1 unspecified atom stereocenters. The maximum atomic E-state index is 7.50. The van der Waals surface area contributed by atoms with Gasteiger partial charge >= 0.3 is 56.5 Å². The summed E-state index contributed by atoms with van der Waals surface area (Å²) in [5.74, 6) is 0. The Hall–Kier alpha value is 0.982. The summed E-state index contributed by atoms with van der Waals surface area (Å²) in [7, 11) is -1.80. The van der Waals surface area contributed by atoms with Crippen molar-refractivity contribution in [1.29, 1.82) is 0 Å². The summed E-state index contributed by atoms with van der Waals surface area (Å²) in [6.45, 7) is 40.2. The molecule has 0 saturated carbocycles. The molecule has 0 spiro atoms. The van der Waals surface area contributed by atoms with Crippen molar-refractivity contribution >= 4 is 43.8 Å². The van der Waals surface area contributed by atoms with Gasteiger partial charge in [-0.3, -0.25) is 0 Å². The molecule has 5 nitrogen and oxygen atoms in total. The molecule has 1 atom stereocenters. The summed E-state index contributed by atoms with van der Waals surface area (Å²) in [4.78, 5) is 1.11. The van der Waals surface area contributed by atoms with E-state index in [9.17, 15) is 0 Å². The van der Waals surface area contributed by atoms with E-state index in [4.69, 9.17) is 23.3 Å². The van der Waals surface area contributed by atoms with Gasteiger partial charge in [-0.05, 0) is 17.1 Å². The maximum Gasteiger partial charge on any atom is 0 e.